The number of aryl methyl sites for hydroxylation is 1. The van der Waals surface area contributed by atoms with Gasteiger partial charge in [0.2, 0.25) is 0 Å². The molecule has 6 aromatic rings. The number of hydrogen-bond donors (Lipinski definition) is 3. The number of hydrogen-bond acceptors (Lipinski definition) is 4. The quantitative estimate of drug-likeness (QED) is 0.199. The maximum Gasteiger partial charge on any atom is 0.255 e. The Kier molecular flexibility index (Phi) is 6.12. The summed E-state index contributed by atoms with van der Waals surface area (Å²) in [7, 11) is 1.45. The highest BCUT2D eigenvalue weighted by molar-refractivity contribution is 6.12. The molecule has 9 heteroatoms. The number of aromatic nitrogens is 2. The molecule has 3 aromatic heterocycles. The van der Waals surface area contributed by atoms with E-state index in [9.17, 15) is 14.0 Å². The number of nitrogens with one attached hydrogen (secondary N) is 3. The van der Waals surface area contributed by atoms with Crippen LogP contribution in [0, 0.1) is 18.6 Å². The van der Waals surface area contributed by atoms with Crippen molar-refractivity contribution in [1.29, 1.82) is 0 Å². The van der Waals surface area contributed by atoms with Crippen LogP contribution in [-0.4, -0.2) is 28.8 Å². The van der Waals surface area contributed by atoms with Crippen LogP contribution in [0.15, 0.2) is 83.7 Å². The number of carbonyl (C=O) groups excluding carboxylic acids is 2. The zero-order valence-electron chi connectivity index (χ0n) is 23.3. The van der Waals surface area contributed by atoms with Crippen molar-refractivity contribution in [1.82, 2.24) is 20.6 Å². The van der Waals surface area contributed by atoms with Crippen LogP contribution in [0.1, 0.15) is 44.7 Å². The van der Waals surface area contributed by atoms with Crippen LogP contribution < -0.4 is 10.6 Å². The molecule has 0 spiro atoms. The van der Waals surface area contributed by atoms with Gasteiger partial charge in [0, 0.05) is 47.1 Å². The Morgan fingerprint density at radius 2 is 1.74 bits per heavy atom. The van der Waals surface area contributed by atoms with Crippen molar-refractivity contribution in [3.8, 4) is 22.5 Å². The van der Waals surface area contributed by atoms with E-state index in [-0.39, 0.29) is 33.8 Å². The van der Waals surface area contributed by atoms with Gasteiger partial charge in [-0.25, -0.2) is 8.78 Å². The molecule has 1 aliphatic carbocycles. The summed E-state index contributed by atoms with van der Waals surface area (Å²) in [6.07, 6.45) is 6.97. The van der Waals surface area contributed by atoms with E-state index in [1.165, 1.54) is 31.3 Å². The van der Waals surface area contributed by atoms with Crippen LogP contribution in [0.25, 0.3) is 44.3 Å². The summed E-state index contributed by atoms with van der Waals surface area (Å²) in [4.78, 5) is 34.1. The molecule has 0 bridgehead atoms. The number of halogens is 2. The van der Waals surface area contributed by atoms with Crippen LogP contribution in [0.3, 0.4) is 0 Å². The zero-order chi connectivity index (χ0) is 29.9. The molecular weight excluding hydrogens is 550 g/mol. The van der Waals surface area contributed by atoms with Gasteiger partial charge >= 0.3 is 0 Å². The molecule has 1 aliphatic rings. The molecular formula is C34H26F2N4O3. The first-order valence-electron chi connectivity index (χ1n) is 13.9. The fraction of sp³-hybridized carbons (Fsp3) is 0.147. The van der Waals surface area contributed by atoms with Gasteiger partial charge in [-0.15, -0.1) is 0 Å². The van der Waals surface area contributed by atoms with E-state index < -0.39 is 23.1 Å². The predicted octanol–water partition coefficient (Wildman–Crippen LogP) is 7.01. The molecule has 0 unspecified atom stereocenters. The number of benzene rings is 3. The molecule has 7 nitrogen and oxygen atoms in total. The number of furan rings is 1. The third-order valence-electron chi connectivity index (χ3n) is 8.24. The molecule has 0 radical (unpaired) electrons. The Bertz CT molecular complexity index is 2070. The highest BCUT2D eigenvalue weighted by atomic mass is 19.1. The normalized spacial score (nSPS) is 13.8. The Hall–Kier alpha value is -5.31. The lowest BCUT2D eigenvalue weighted by Gasteiger charge is -2.19. The molecule has 1 saturated carbocycles. The molecule has 7 rings (SSSR count). The topological polar surface area (TPSA) is 100 Å². The van der Waals surface area contributed by atoms with E-state index in [1.807, 2.05) is 19.2 Å². The standard InChI is InChI=1S/C34H26F2N4O3/c1-18-3-4-20(32(41)40-34(12-13-34)25-16-38-17-26-23(25)11-14-39-26)15-24(18)22-9-10-27-28(30(22)36)29(33(42)37-2)31(43-27)19-5-7-21(35)8-6-19/h3-11,14-17,39H,12-13H2,1-2H3,(H,37,42)(H,40,41). The largest absolute Gasteiger partial charge is 0.455 e. The van der Waals surface area contributed by atoms with Crippen molar-refractivity contribution in [2.45, 2.75) is 25.3 Å². The molecule has 3 heterocycles. The Labute approximate surface area is 244 Å². The molecule has 0 aliphatic heterocycles. The van der Waals surface area contributed by atoms with Crippen LogP contribution >= 0.6 is 0 Å². The van der Waals surface area contributed by atoms with Gasteiger partial charge in [-0.1, -0.05) is 6.07 Å². The highest BCUT2D eigenvalue weighted by Crippen LogP contribution is 2.48. The smallest absolute Gasteiger partial charge is 0.255 e. The number of H-pyrrole nitrogens is 1. The summed E-state index contributed by atoms with van der Waals surface area (Å²) in [6, 6.07) is 15.8. The second-order valence-corrected chi connectivity index (χ2v) is 10.9. The Morgan fingerprint density at radius 1 is 0.953 bits per heavy atom. The number of amides is 2. The second-order valence-electron chi connectivity index (χ2n) is 10.9. The van der Waals surface area contributed by atoms with Gasteiger partial charge < -0.3 is 20.0 Å². The lowest BCUT2D eigenvalue weighted by Crippen LogP contribution is -2.35. The number of aromatic amines is 1. The SMILES string of the molecule is CNC(=O)c1c(-c2ccc(F)cc2)oc2ccc(-c3cc(C(=O)NC4(c5cncc6[nH]ccc56)CC4)ccc3C)c(F)c12. The van der Waals surface area contributed by atoms with Crippen molar-refractivity contribution in [3.63, 3.8) is 0 Å². The van der Waals surface area contributed by atoms with E-state index in [0.717, 1.165) is 34.9 Å². The maximum absolute atomic E-state index is 16.4. The molecule has 3 aromatic carbocycles. The van der Waals surface area contributed by atoms with Crippen molar-refractivity contribution in [2.24, 2.45) is 0 Å². The minimum atomic E-state index is -0.655. The number of nitrogens with zero attached hydrogens (tertiary/aromatic N) is 1. The van der Waals surface area contributed by atoms with Gasteiger partial charge in [-0.05, 0) is 85.5 Å². The first-order valence-corrected chi connectivity index (χ1v) is 13.9. The van der Waals surface area contributed by atoms with Gasteiger partial charge in [0.05, 0.1) is 28.2 Å². The molecule has 0 saturated heterocycles. The maximum atomic E-state index is 16.4. The minimum absolute atomic E-state index is 0.00876. The van der Waals surface area contributed by atoms with Crippen molar-refractivity contribution < 1.29 is 22.8 Å². The first kappa shape index (κ1) is 26.6. The monoisotopic (exact) mass is 576 g/mol. The summed E-state index contributed by atoms with van der Waals surface area (Å²) in [5, 5.41) is 6.78. The number of pyridine rings is 1. The average molecular weight is 577 g/mol. The van der Waals surface area contributed by atoms with E-state index in [2.05, 4.69) is 20.6 Å². The molecule has 3 N–H and O–H groups in total. The Morgan fingerprint density at radius 3 is 2.49 bits per heavy atom. The fourth-order valence-corrected chi connectivity index (χ4v) is 5.80. The summed E-state index contributed by atoms with van der Waals surface area (Å²) in [5.74, 6) is -1.78. The molecule has 0 atom stereocenters. The van der Waals surface area contributed by atoms with Crippen molar-refractivity contribution in [3.05, 3.63) is 113 Å². The number of rotatable bonds is 6. The first-order chi connectivity index (χ1) is 20.8. The van der Waals surface area contributed by atoms with Gasteiger partial charge in [0.25, 0.3) is 11.8 Å². The second kappa shape index (κ2) is 9.90. The lowest BCUT2D eigenvalue weighted by atomic mass is 9.94. The predicted molar refractivity (Wildman–Crippen MR) is 160 cm³/mol. The third-order valence-corrected chi connectivity index (χ3v) is 8.24. The summed E-state index contributed by atoms with van der Waals surface area (Å²) in [5.41, 5.74) is 3.83. The van der Waals surface area contributed by atoms with Crippen LogP contribution in [0.5, 0.6) is 0 Å². The zero-order valence-corrected chi connectivity index (χ0v) is 23.3. The van der Waals surface area contributed by atoms with Crippen LogP contribution in [0.4, 0.5) is 8.78 Å². The molecule has 43 heavy (non-hydrogen) atoms. The molecule has 214 valence electrons. The van der Waals surface area contributed by atoms with E-state index in [4.69, 9.17) is 4.42 Å². The summed E-state index contributed by atoms with van der Waals surface area (Å²) >= 11 is 0. The van der Waals surface area contributed by atoms with E-state index in [0.29, 0.717) is 16.7 Å². The summed E-state index contributed by atoms with van der Waals surface area (Å²) < 4.78 is 36.0. The van der Waals surface area contributed by atoms with Gasteiger partial charge in [0.15, 0.2) is 0 Å². The number of carbonyl (C=O) groups is 2. The van der Waals surface area contributed by atoms with Gasteiger partial charge in [0.1, 0.15) is 23.0 Å². The van der Waals surface area contributed by atoms with E-state index in [1.54, 1.807) is 42.7 Å². The summed E-state index contributed by atoms with van der Waals surface area (Å²) in [6.45, 7) is 1.83. The average Bonchev–Trinajstić information content (AvgIpc) is 3.43. The van der Waals surface area contributed by atoms with Crippen LogP contribution in [-0.2, 0) is 5.54 Å². The number of fused-ring (bicyclic) bond motifs is 2. The van der Waals surface area contributed by atoms with Gasteiger partial charge in [-0.2, -0.15) is 0 Å². The minimum Gasteiger partial charge on any atom is -0.455 e. The fourth-order valence-electron chi connectivity index (χ4n) is 5.80. The molecule has 2 amide bonds. The van der Waals surface area contributed by atoms with Crippen molar-refractivity contribution >= 4 is 33.7 Å². The third kappa shape index (κ3) is 4.35. The lowest BCUT2D eigenvalue weighted by molar-refractivity contribution is 0.0929. The van der Waals surface area contributed by atoms with Gasteiger partial charge in [-0.3, -0.25) is 14.6 Å². The molecule has 1 fully saturated rings. The Balaban J connectivity index is 1.29. The van der Waals surface area contributed by atoms with E-state index >= 15 is 4.39 Å². The van der Waals surface area contributed by atoms with Crippen LogP contribution in [0.2, 0.25) is 0 Å². The highest BCUT2D eigenvalue weighted by Gasteiger charge is 2.47. The van der Waals surface area contributed by atoms with Crippen molar-refractivity contribution in [2.75, 3.05) is 7.05 Å².